The fraction of sp³-hybridized carbons (Fsp3) is 0.333. The zero-order chi connectivity index (χ0) is 29.9. The first-order valence-electron chi connectivity index (χ1n) is 14.0. The number of amides is 2. The quantitative estimate of drug-likeness (QED) is 0.307. The molecule has 1 saturated carbocycles. The molecule has 0 bridgehead atoms. The number of carbonyl (C=O) groups is 2. The van der Waals surface area contributed by atoms with Crippen LogP contribution in [0.4, 0.5) is 11.4 Å². The van der Waals surface area contributed by atoms with Crippen molar-refractivity contribution in [2.75, 3.05) is 5.32 Å². The van der Waals surface area contributed by atoms with Crippen molar-refractivity contribution in [1.29, 1.82) is 5.26 Å². The van der Waals surface area contributed by atoms with Gasteiger partial charge in [-0.25, -0.2) is 4.99 Å². The molecule has 1 N–H and O–H groups in total. The lowest BCUT2D eigenvalue weighted by Crippen LogP contribution is -2.64. The number of ether oxygens (including phenoxy) is 2. The van der Waals surface area contributed by atoms with E-state index in [-0.39, 0.29) is 41.9 Å². The van der Waals surface area contributed by atoms with Crippen LogP contribution < -0.4 is 14.8 Å². The maximum Gasteiger partial charge on any atom is 0.242 e. The summed E-state index contributed by atoms with van der Waals surface area (Å²) in [5.41, 5.74) is 1.43. The van der Waals surface area contributed by atoms with E-state index in [0.29, 0.717) is 28.5 Å². The van der Waals surface area contributed by atoms with E-state index in [2.05, 4.69) is 25.2 Å². The molecule has 2 fully saturated rings. The van der Waals surface area contributed by atoms with E-state index in [1.807, 2.05) is 68.4 Å². The molecule has 0 aromatic heterocycles. The Hall–Kier alpha value is -4.29. The molecule has 1 unspecified atom stereocenters. The molecule has 3 aromatic carbocycles. The lowest BCUT2D eigenvalue weighted by atomic mass is 9.63. The summed E-state index contributed by atoms with van der Waals surface area (Å²) < 4.78 is 12.0. The van der Waals surface area contributed by atoms with Gasteiger partial charge in [-0.2, -0.15) is 5.26 Å². The third-order valence-electron chi connectivity index (χ3n) is 7.53. The third-order valence-corrected chi connectivity index (χ3v) is 8.68. The monoisotopic (exact) mass is 582 g/mol. The number of thioether (sulfide) groups is 1. The zero-order valence-electron chi connectivity index (χ0n) is 24.1. The molecule has 42 heavy (non-hydrogen) atoms. The first kappa shape index (κ1) is 29.2. The second kappa shape index (κ2) is 12.3. The number of benzene rings is 3. The highest BCUT2D eigenvalue weighted by Crippen LogP contribution is 2.49. The molecule has 3 aromatic rings. The molecule has 0 radical (unpaired) electrons. The average Bonchev–Trinajstić information content (AvgIpc) is 3.25. The van der Waals surface area contributed by atoms with Crippen molar-refractivity contribution in [3.8, 4) is 17.6 Å². The molecule has 2 amide bonds. The highest BCUT2D eigenvalue weighted by atomic mass is 32.2. The second-order valence-corrected chi connectivity index (χ2v) is 12.5. The normalized spacial score (nSPS) is 22.0. The predicted molar refractivity (Wildman–Crippen MR) is 165 cm³/mol. The number of aliphatic imine (C=N–C) groups is 1. The number of nitriles is 1. The largest absolute Gasteiger partial charge is 0.491 e. The Morgan fingerprint density at radius 2 is 1.76 bits per heavy atom. The van der Waals surface area contributed by atoms with E-state index in [1.165, 1.54) is 11.8 Å². The van der Waals surface area contributed by atoms with Gasteiger partial charge in [0.2, 0.25) is 11.8 Å². The summed E-state index contributed by atoms with van der Waals surface area (Å²) in [5, 5.41) is 11.8. The van der Waals surface area contributed by atoms with E-state index < -0.39 is 5.25 Å². The van der Waals surface area contributed by atoms with Gasteiger partial charge in [0.05, 0.1) is 29.5 Å². The zero-order valence-corrected chi connectivity index (χ0v) is 24.9. The van der Waals surface area contributed by atoms with Crippen molar-refractivity contribution >= 4 is 40.1 Å². The number of nitrogens with one attached hydrogen (secondary N) is 1. The molecule has 1 saturated heterocycles. The number of hydrogen-bond acceptors (Lipinski definition) is 7. The van der Waals surface area contributed by atoms with Gasteiger partial charge >= 0.3 is 0 Å². The van der Waals surface area contributed by atoms with E-state index in [1.54, 1.807) is 29.2 Å². The summed E-state index contributed by atoms with van der Waals surface area (Å²) in [5.74, 6) is 1.13. The number of para-hydroxylation sites is 1. The minimum Gasteiger partial charge on any atom is -0.491 e. The lowest BCUT2D eigenvalue weighted by molar-refractivity contribution is -0.141. The summed E-state index contributed by atoms with van der Waals surface area (Å²) in [7, 11) is 0. The molecule has 1 aliphatic carbocycles. The molecular weight excluding hydrogens is 548 g/mol. The standard InChI is InChI=1S/C33H34N4O4S/c1-21(2)40-26-16-14-24(15-17-26)36-32-37(28-19-29(33(28,3)4)41-25-8-6-5-7-9-25)31(39)27(42-32)18-30(38)35-23-12-10-22(20-34)11-13-23/h5-17,21,27-29H,18-19H2,1-4H3,(H,35,38)/t27?,28-,29+/m1/s1. The number of rotatable bonds is 9. The second-order valence-electron chi connectivity index (χ2n) is 11.3. The van der Waals surface area contributed by atoms with Gasteiger partial charge in [0, 0.05) is 23.9 Å². The van der Waals surface area contributed by atoms with Gasteiger partial charge in [-0.05, 0) is 74.5 Å². The van der Waals surface area contributed by atoms with Crippen LogP contribution in [0.25, 0.3) is 0 Å². The molecule has 5 rings (SSSR count). The number of nitrogens with zero attached hydrogens (tertiary/aromatic N) is 3. The van der Waals surface area contributed by atoms with Gasteiger partial charge in [0.25, 0.3) is 0 Å². The fourth-order valence-electron chi connectivity index (χ4n) is 5.14. The van der Waals surface area contributed by atoms with Crippen molar-refractivity contribution in [2.45, 2.75) is 64.0 Å². The minimum absolute atomic E-state index is 0.00270. The summed E-state index contributed by atoms with van der Waals surface area (Å²) in [4.78, 5) is 33.5. The van der Waals surface area contributed by atoms with Gasteiger partial charge < -0.3 is 14.8 Å². The fourth-order valence-corrected chi connectivity index (χ4v) is 6.33. The Morgan fingerprint density at radius 1 is 1.07 bits per heavy atom. The highest BCUT2D eigenvalue weighted by Gasteiger charge is 2.57. The van der Waals surface area contributed by atoms with E-state index in [0.717, 1.165) is 11.5 Å². The number of carbonyl (C=O) groups excluding carboxylic acids is 2. The molecule has 3 atom stereocenters. The molecule has 8 nitrogen and oxygen atoms in total. The van der Waals surface area contributed by atoms with Crippen molar-refractivity contribution in [3.05, 3.63) is 84.4 Å². The Labute approximate surface area is 250 Å². The Bertz CT molecular complexity index is 1500. The van der Waals surface area contributed by atoms with Crippen LogP contribution in [0.1, 0.15) is 46.1 Å². The van der Waals surface area contributed by atoms with Gasteiger partial charge in [-0.1, -0.05) is 43.8 Å². The minimum atomic E-state index is -0.615. The van der Waals surface area contributed by atoms with E-state index >= 15 is 0 Å². The first-order chi connectivity index (χ1) is 20.1. The molecule has 2 aliphatic rings. The molecule has 1 heterocycles. The van der Waals surface area contributed by atoms with Crippen molar-refractivity contribution in [2.24, 2.45) is 10.4 Å². The van der Waals surface area contributed by atoms with Gasteiger partial charge in [0.15, 0.2) is 5.17 Å². The maximum absolute atomic E-state index is 13.9. The van der Waals surface area contributed by atoms with Crippen LogP contribution in [0, 0.1) is 16.7 Å². The smallest absolute Gasteiger partial charge is 0.242 e. The van der Waals surface area contributed by atoms with Crippen molar-refractivity contribution in [3.63, 3.8) is 0 Å². The summed E-state index contributed by atoms with van der Waals surface area (Å²) in [6.45, 7) is 8.15. The predicted octanol–water partition coefficient (Wildman–Crippen LogP) is 6.55. The molecule has 9 heteroatoms. The lowest BCUT2D eigenvalue weighted by Gasteiger charge is -2.54. The Morgan fingerprint density at radius 3 is 2.38 bits per heavy atom. The first-order valence-corrected chi connectivity index (χ1v) is 14.9. The van der Waals surface area contributed by atoms with Crippen LogP contribution in [0.5, 0.6) is 11.5 Å². The van der Waals surface area contributed by atoms with Crippen LogP contribution in [0.2, 0.25) is 0 Å². The summed E-state index contributed by atoms with van der Waals surface area (Å²) >= 11 is 1.32. The van der Waals surface area contributed by atoms with Crippen molar-refractivity contribution < 1.29 is 19.1 Å². The molecule has 1 aliphatic heterocycles. The molecule has 0 spiro atoms. The molecular formula is C33H34N4O4S. The van der Waals surface area contributed by atoms with Crippen molar-refractivity contribution in [1.82, 2.24) is 4.90 Å². The van der Waals surface area contributed by atoms with Gasteiger partial charge in [-0.3, -0.25) is 14.5 Å². The maximum atomic E-state index is 13.9. The summed E-state index contributed by atoms with van der Waals surface area (Å²) in [6.07, 6.45) is 0.634. The summed E-state index contributed by atoms with van der Waals surface area (Å²) in [6, 6.07) is 25.7. The van der Waals surface area contributed by atoms with Gasteiger partial charge in [-0.15, -0.1) is 0 Å². The highest BCUT2D eigenvalue weighted by molar-refractivity contribution is 8.15. The molecule has 216 valence electrons. The van der Waals surface area contributed by atoms with E-state index in [4.69, 9.17) is 19.7 Å². The SMILES string of the molecule is CC(C)Oc1ccc(N=C2SC(CC(=O)Nc3ccc(C#N)cc3)C(=O)N2[C@@H]2C[C@H](Oc3ccccc3)C2(C)C)cc1. The topological polar surface area (TPSA) is 104 Å². The number of hydrogen-bond donors (Lipinski definition) is 1. The van der Waals surface area contributed by atoms with Crippen LogP contribution >= 0.6 is 11.8 Å². The van der Waals surface area contributed by atoms with Crippen LogP contribution in [-0.4, -0.2) is 45.4 Å². The third kappa shape index (κ3) is 6.44. The van der Waals surface area contributed by atoms with Crippen LogP contribution in [-0.2, 0) is 9.59 Å². The van der Waals surface area contributed by atoms with Gasteiger partial charge in [0.1, 0.15) is 22.9 Å². The van der Waals surface area contributed by atoms with Crippen LogP contribution in [0.15, 0.2) is 83.9 Å². The number of anilines is 1. The Balaban J connectivity index is 1.36. The van der Waals surface area contributed by atoms with E-state index in [9.17, 15) is 9.59 Å². The average molecular weight is 583 g/mol. The Kier molecular flexibility index (Phi) is 8.55. The van der Waals surface area contributed by atoms with Crippen LogP contribution in [0.3, 0.4) is 0 Å². The number of amidine groups is 1.